The molecule has 0 radical (unpaired) electrons. The van der Waals surface area contributed by atoms with E-state index in [9.17, 15) is 4.79 Å². The summed E-state index contributed by atoms with van der Waals surface area (Å²) in [5.41, 5.74) is 0.614. The highest BCUT2D eigenvalue weighted by Crippen LogP contribution is 2.23. The Morgan fingerprint density at radius 2 is 2.12 bits per heavy atom. The van der Waals surface area contributed by atoms with E-state index in [2.05, 4.69) is 73.8 Å². The normalized spacial score (nSPS) is 9.76. The first-order valence-corrected chi connectivity index (χ1v) is 7.89. The van der Waals surface area contributed by atoms with Crippen molar-refractivity contribution in [2.24, 2.45) is 0 Å². The smallest absolute Gasteiger partial charge is 0.339 e. The topological polar surface area (TPSA) is 42.9 Å². The third kappa shape index (κ3) is 4.88. The number of rotatable bonds is 4. The molecule has 1 aromatic carbocycles. The lowest BCUT2D eigenvalue weighted by atomic mass is 10.2. The molecule has 0 aromatic heterocycles. The molecule has 0 aliphatic heterocycles. The Hall–Kier alpha value is 0.400. The maximum absolute atomic E-state index is 11.8. The van der Waals surface area contributed by atoms with Crippen LogP contribution in [0.5, 0.6) is 0 Å². The monoisotopic (exact) mass is 568 g/mol. The Balaban J connectivity index is 2.73. The van der Waals surface area contributed by atoms with Crippen LogP contribution in [0.1, 0.15) is 10.4 Å². The minimum Gasteiger partial charge on any atom is -0.456 e. The van der Waals surface area contributed by atoms with Gasteiger partial charge < -0.3 is 4.74 Å². The van der Waals surface area contributed by atoms with Crippen molar-refractivity contribution in [3.05, 3.63) is 28.4 Å². The molecule has 0 saturated heterocycles. The number of carbonyl (C=O) groups excluding carboxylic acids is 1. The summed E-state index contributed by atoms with van der Waals surface area (Å²) in [7, 11) is 0. The highest BCUT2D eigenvalue weighted by molar-refractivity contribution is 14.1. The van der Waals surface area contributed by atoms with Gasteiger partial charge in [0.2, 0.25) is 0 Å². The number of hydrogen-bond acceptors (Lipinski definition) is 2. The van der Waals surface area contributed by atoms with E-state index >= 15 is 0 Å². The minimum atomic E-state index is -0.295. The van der Waals surface area contributed by atoms with E-state index in [1.165, 1.54) is 0 Å². The molecule has 0 atom stereocenters. The van der Waals surface area contributed by atoms with Gasteiger partial charge in [-0.3, -0.25) is 5.32 Å². The van der Waals surface area contributed by atoms with Gasteiger partial charge in [0, 0.05) is 10.7 Å². The molecule has 6 heteroatoms. The summed E-state index contributed by atoms with van der Waals surface area (Å²) >= 11 is 6.54. The Kier molecular flexibility index (Phi) is 7.05. The summed E-state index contributed by atoms with van der Waals surface area (Å²) in [6, 6.07) is 6.24. The molecule has 90 valence electrons. The predicted molar refractivity (Wildman–Crippen MR) is 90.5 cm³/mol. The van der Waals surface area contributed by atoms with Crippen molar-refractivity contribution in [1.29, 1.82) is 0 Å². The summed E-state index contributed by atoms with van der Waals surface area (Å²) in [6.07, 6.45) is 5.07. The van der Waals surface area contributed by atoms with Crippen LogP contribution < -0.4 is 5.32 Å². The number of nitrogens with two attached hydrogens (primary N) is 1. The minimum absolute atomic E-state index is 0.295. The van der Waals surface area contributed by atoms with Crippen molar-refractivity contribution in [2.75, 3.05) is 13.2 Å². The molecule has 0 aliphatic rings. The Labute approximate surface area is 141 Å². The summed E-state index contributed by atoms with van der Waals surface area (Å²) in [5, 5.41) is 1.64. The van der Waals surface area contributed by atoms with Crippen molar-refractivity contribution in [2.45, 2.75) is 0 Å². The molecule has 17 heavy (non-hydrogen) atoms. The lowest BCUT2D eigenvalue weighted by molar-refractivity contribution is -0.568. The second kappa shape index (κ2) is 7.75. The van der Waals surface area contributed by atoms with E-state index in [-0.39, 0.29) is 5.97 Å². The van der Waals surface area contributed by atoms with Crippen LogP contribution in [0.3, 0.4) is 0 Å². The van der Waals surface area contributed by atoms with Crippen molar-refractivity contribution in [1.82, 2.24) is 0 Å². The SMILES string of the molecule is C#C[NH2+]CCOC(=O)c1cc(I)cc(I)c1I. The number of quaternary nitrogens is 1. The molecule has 0 amide bonds. The van der Waals surface area contributed by atoms with Gasteiger partial charge in [0.1, 0.15) is 19.2 Å². The molecule has 2 N–H and O–H groups in total. The first-order valence-electron chi connectivity index (χ1n) is 4.65. The van der Waals surface area contributed by atoms with Gasteiger partial charge in [0.05, 0.1) is 5.56 Å². The van der Waals surface area contributed by atoms with E-state index in [1.807, 2.05) is 12.1 Å². The molecule has 0 aliphatic carbocycles. The van der Waals surface area contributed by atoms with Crippen LogP contribution >= 0.6 is 67.8 Å². The lowest BCUT2D eigenvalue weighted by Crippen LogP contribution is -2.79. The summed E-state index contributed by atoms with van der Waals surface area (Å²) < 4.78 is 8.15. The largest absolute Gasteiger partial charge is 0.456 e. The van der Waals surface area contributed by atoms with Gasteiger partial charge >= 0.3 is 5.97 Å². The lowest BCUT2D eigenvalue weighted by Gasteiger charge is -2.07. The van der Waals surface area contributed by atoms with Crippen LogP contribution in [0.15, 0.2) is 12.1 Å². The standard InChI is InChI=1S/C11H8I3NO2/c1-2-15-3-4-17-11(16)8-5-7(12)6-9(13)10(8)14/h1,5-6,15H,3-4H2/p+1. The zero-order valence-electron chi connectivity index (χ0n) is 8.67. The van der Waals surface area contributed by atoms with Crippen molar-refractivity contribution in [3.8, 4) is 12.5 Å². The van der Waals surface area contributed by atoms with Gasteiger partial charge in [-0.1, -0.05) is 6.42 Å². The molecular formula is C11H9I3NO2+. The highest BCUT2D eigenvalue weighted by Gasteiger charge is 2.14. The van der Waals surface area contributed by atoms with Gasteiger partial charge in [-0.05, 0) is 79.9 Å². The Morgan fingerprint density at radius 3 is 2.76 bits per heavy atom. The van der Waals surface area contributed by atoms with Crippen LogP contribution in [0, 0.1) is 23.2 Å². The third-order valence-electron chi connectivity index (χ3n) is 1.83. The van der Waals surface area contributed by atoms with Crippen LogP contribution in [-0.4, -0.2) is 19.1 Å². The van der Waals surface area contributed by atoms with E-state index in [0.717, 1.165) is 10.7 Å². The number of hydrogen-bond donors (Lipinski definition) is 1. The fraction of sp³-hybridized carbons (Fsp3) is 0.182. The van der Waals surface area contributed by atoms with E-state index in [1.54, 1.807) is 5.32 Å². The molecule has 0 heterocycles. The number of ether oxygens (including phenoxy) is 1. The highest BCUT2D eigenvalue weighted by atomic mass is 127. The second-order valence-electron chi connectivity index (χ2n) is 3.04. The fourth-order valence-corrected chi connectivity index (χ4v) is 3.45. The van der Waals surface area contributed by atoms with E-state index < -0.39 is 0 Å². The molecule has 0 fully saturated rings. The maximum Gasteiger partial charge on any atom is 0.339 e. The van der Waals surface area contributed by atoms with Crippen LogP contribution in [-0.2, 0) is 4.74 Å². The van der Waals surface area contributed by atoms with Crippen LogP contribution in [0.4, 0.5) is 0 Å². The molecular weight excluding hydrogens is 559 g/mol. The number of halogens is 3. The van der Waals surface area contributed by atoms with E-state index in [0.29, 0.717) is 18.7 Å². The molecule has 1 aromatic rings. The summed E-state index contributed by atoms with van der Waals surface area (Å²) in [5.74, 6) is -0.295. The number of carbonyl (C=O) groups is 1. The van der Waals surface area contributed by atoms with Crippen molar-refractivity contribution < 1.29 is 14.8 Å². The fourth-order valence-electron chi connectivity index (χ4n) is 1.08. The second-order valence-corrected chi connectivity index (χ2v) is 6.53. The Bertz CT molecular complexity index is 469. The van der Waals surface area contributed by atoms with Crippen molar-refractivity contribution >= 4 is 73.7 Å². The van der Waals surface area contributed by atoms with Gasteiger partial charge in [-0.25, -0.2) is 4.79 Å². The quantitative estimate of drug-likeness (QED) is 0.198. The average Bonchev–Trinajstić information content (AvgIpc) is 2.29. The Morgan fingerprint density at radius 1 is 1.41 bits per heavy atom. The molecule has 3 nitrogen and oxygen atoms in total. The summed E-state index contributed by atoms with van der Waals surface area (Å²) in [4.78, 5) is 11.8. The zero-order valence-corrected chi connectivity index (χ0v) is 15.1. The number of terminal acetylenes is 1. The molecule has 1 rings (SSSR count). The number of benzene rings is 1. The van der Waals surface area contributed by atoms with Gasteiger partial charge in [0.15, 0.2) is 0 Å². The zero-order chi connectivity index (χ0) is 12.8. The molecule has 0 bridgehead atoms. The van der Waals surface area contributed by atoms with Gasteiger partial charge in [0.25, 0.3) is 0 Å². The third-order valence-corrected chi connectivity index (χ3v) is 5.49. The maximum atomic E-state index is 11.8. The summed E-state index contributed by atoms with van der Waals surface area (Å²) in [6.45, 7) is 0.904. The van der Waals surface area contributed by atoms with Crippen LogP contribution in [0.25, 0.3) is 0 Å². The predicted octanol–water partition coefficient (Wildman–Crippen LogP) is 1.81. The van der Waals surface area contributed by atoms with Gasteiger partial charge in [-0.15, -0.1) is 0 Å². The molecule has 0 spiro atoms. The molecule has 0 unspecified atom stereocenters. The number of esters is 1. The molecule has 0 saturated carbocycles. The first-order chi connectivity index (χ1) is 8.06. The van der Waals surface area contributed by atoms with Crippen molar-refractivity contribution in [3.63, 3.8) is 0 Å². The first kappa shape index (κ1) is 15.5. The van der Waals surface area contributed by atoms with Crippen LogP contribution in [0.2, 0.25) is 0 Å². The van der Waals surface area contributed by atoms with E-state index in [4.69, 9.17) is 11.2 Å². The average molecular weight is 568 g/mol. The van der Waals surface area contributed by atoms with Gasteiger partial charge in [-0.2, -0.15) is 0 Å².